The first-order chi connectivity index (χ1) is 18.8. The molecule has 0 spiro atoms. The van der Waals surface area contributed by atoms with Crippen molar-refractivity contribution in [1.82, 2.24) is 20.0 Å². The van der Waals surface area contributed by atoms with Crippen molar-refractivity contribution < 1.29 is 37.4 Å². The molecule has 0 saturated carbocycles. The maximum Gasteiger partial charge on any atom is 0.511 e. The first kappa shape index (κ1) is 28.4. The van der Waals surface area contributed by atoms with E-state index in [1.165, 1.54) is 18.7 Å². The zero-order valence-electron chi connectivity index (χ0n) is 21.3. The number of nitrogens with two attached hydrogens (primary N) is 1. The maximum absolute atomic E-state index is 15.3. The van der Waals surface area contributed by atoms with Gasteiger partial charge in [-0.25, -0.2) is 22.9 Å². The number of ether oxygens (including phenoxy) is 1. The molecule has 1 saturated heterocycles. The number of aromatic nitrogens is 2. The zero-order chi connectivity index (χ0) is 29.3. The van der Waals surface area contributed by atoms with Crippen LogP contribution in [0.3, 0.4) is 0 Å². The van der Waals surface area contributed by atoms with E-state index in [-0.39, 0.29) is 35.7 Å². The molecule has 1 aliphatic heterocycles. The number of rotatable bonds is 7. The van der Waals surface area contributed by atoms with Gasteiger partial charge in [0.15, 0.2) is 11.6 Å². The lowest BCUT2D eigenvalue weighted by Gasteiger charge is -2.21. The van der Waals surface area contributed by atoms with Crippen molar-refractivity contribution in [1.29, 1.82) is 0 Å². The number of pyridine rings is 1. The van der Waals surface area contributed by atoms with Crippen LogP contribution in [0.25, 0.3) is 16.8 Å². The van der Waals surface area contributed by atoms with Gasteiger partial charge < -0.3 is 31.1 Å². The quantitative estimate of drug-likeness (QED) is 0.311. The number of hydrogen-bond acceptors (Lipinski definition) is 8. The molecule has 2 aromatic heterocycles. The average Bonchev–Trinajstić information content (AvgIpc) is 3.33. The highest BCUT2D eigenvalue weighted by Gasteiger charge is 2.30. The monoisotopic (exact) mass is 562 g/mol. The largest absolute Gasteiger partial charge is 0.511 e. The predicted octanol–water partition coefficient (Wildman–Crippen LogP) is 1.38. The smallest absolute Gasteiger partial charge is 0.449 e. The SMILES string of the molecule is C[C@H](N)C(=O)N[C@@H](C)C(=O)NC1CCN(c2nc3c(-c4ccc(F)cc4F)cc(OC(=O)O)c(=O)n3cc2F)C1. The number of nitrogens with zero attached hydrogens (tertiary/aromatic N) is 3. The maximum atomic E-state index is 15.3. The number of carbonyl (C=O) groups is 3. The van der Waals surface area contributed by atoms with Gasteiger partial charge in [-0.3, -0.25) is 18.8 Å². The van der Waals surface area contributed by atoms with E-state index < -0.39 is 64.9 Å². The van der Waals surface area contributed by atoms with Gasteiger partial charge in [0, 0.05) is 36.3 Å². The van der Waals surface area contributed by atoms with Gasteiger partial charge >= 0.3 is 6.16 Å². The Morgan fingerprint density at radius 2 is 1.85 bits per heavy atom. The summed E-state index contributed by atoms with van der Waals surface area (Å²) in [5.74, 6) is -4.81. The first-order valence-corrected chi connectivity index (χ1v) is 12.1. The van der Waals surface area contributed by atoms with Crippen LogP contribution < -0.4 is 31.6 Å². The van der Waals surface area contributed by atoms with Crippen LogP contribution in [-0.2, 0) is 9.59 Å². The van der Waals surface area contributed by atoms with Gasteiger partial charge in [0.2, 0.25) is 17.6 Å². The molecular formula is C25H25F3N6O6. The standard InChI is InChI=1S/C25H25F3N6O6/c1-11(29)22(35)30-12(2)23(36)31-14-5-6-33(9-14)21-18(28)10-34-20(32-21)16(8-19(24(34)37)40-25(38)39)15-4-3-13(26)7-17(15)27/h3-4,7-8,10-12,14H,5-6,9,29H2,1-2H3,(H,30,35)(H,31,36)(H,38,39)/t11-,12-,14?/m0/s1. The third-order valence-corrected chi connectivity index (χ3v) is 6.26. The molecule has 40 heavy (non-hydrogen) atoms. The molecule has 0 radical (unpaired) electrons. The molecule has 1 aromatic carbocycles. The summed E-state index contributed by atoms with van der Waals surface area (Å²) in [6.07, 6.45) is -0.676. The molecule has 0 bridgehead atoms. The number of amides is 2. The van der Waals surface area contributed by atoms with Crippen LogP contribution in [0.4, 0.5) is 23.8 Å². The minimum absolute atomic E-state index is 0.116. The summed E-state index contributed by atoms with van der Waals surface area (Å²) >= 11 is 0. The van der Waals surface area contributed by atoms with E-state index in [0.717, 1.165) is 24.4 Å². The summed E-state index contributed by atoms with van der Waals surface area (Å²) in [4.78, 5) is 54.0. The number of fused-ring (bicyclic) bond motifs is 1. The lowest BCUT2D eigenvalue weighted by molar-refractivity contribution is -0.129. The topological polar surface area (TPSA) is 168 Å². The molecule has 12 nitrogen and oxygen atoms in total. The first-order valence-electron chi connectivity index (χ1n) is 12.1. The number of nitrogens with one attached hydrogen (secondary N) is 2. The lowest BCUT2D eigenvalue weighted by atomic mass is 10.1. The summed E-state index contributed by atoms with van der Waals surface area (Å²) in [5.41, 5.74) is 3.78. The van der Waals surface area contributed by atoms with Gasteiger partial charge in [-0.1, -0.05) is 0 Å². The molecule has 1 aliphatic rings. The summed E-state index contributed by atoms with van der Waals surface area (Å²) in [6, 6.07) is 1.42. The van der Waals surface area contributed by atoms with E-state index in [4.69, 9.17) is 10.8 Å². The van der Waals surface area contributed by atoms with Crippen molar-refractivity contribution in [2.24, 2.45) is 5.73 Å². The number of carboxylic acid groups (broad SMARTS) is 1. The number of carbonyl (C=O) groups excluding carboxylic acids is 2. The van der Waals surface area contributed by atoms with Gasteiger partial charge in [0.1, 0.15) is 23.3 Å². The molecule has 3 heterocycles. The van der Waals surface area contributed by atoms with Gasteiger partial charge in [-0.05, 0) is 38.5 Å². The van der Waals surface area contributed by atoms with Gasteiger partial charge in [-0.2, -0.15) is 0 Å². The van der Waals surface area contributed by atoms with Crippen LogP contribution >= 0.6 is 0 Å². The lowest BCUT2D eigenvalue weighted by Crippen LogP contribution is -2.51. The van der Waals surface area contributed by atoms with Crippen molar-refractivity contribution in [3.05, 3.63) is 58.3 Å². The molecule has 0 aliphatic carbocycles. The van der Waals surface area contributed by atoms with Crippen LogP contribution in [0.15, 0.2) is 35.3 Å². The Labute approximate surface area is 224 Å². The second kappa shape index (κ2) is 11.2. The summed E-state index contributed by atoms with van der Waals surface area (Å²) in [6.45, 7) is 3.33. The van der Waals surface area contributed by atoms with Crippen molar-refractivity contribution in [3.63, 3.8) is 0 Å². The normalized spacial score (nSPS) is 16.4. The Bertz CT molecular complexity index is 1560. The van der Waals surface area contributed by atoms with Crippen LogP contribution in [0.2, 0.25) is 0 Å². The predicted molar refractivity (Wildman–Crippen MR) is 135 cm³/mol. The molecule has 15 heteroatoms. The molecule has 1 fully saturated rings. The Hall–Kier alpha value is -4.66. The molecule has 5 N–H and O–H groups in total. The van der Waals surface area contributed by atoms with Gasteiger partial charge in [-0.15, -0.1) is 0 Å². The summed E-state index contributed by atoms with van der Waals surface area (Å²) in [5, 5.41) is 14.2. The molecular weight excluding hydrogens is 537 g/mol. The number of benzene rings is 1. The van der Waals surface area contributed by atoms with Crippen molar-refractivity contribution >= 4 is 29.4 Å². The second-order valence-electron chi connectivity index (χ2n) is 9.28. The van der Waals surface area contributed by atoms with E-state index in [0.29, 0.717) is 16.9 Å². The number of anilines is 1. The van der Waals surface area contributed by atoms with E-state index >= 15 is 4.39 Å². The van der Waals surface area contributed by atoms with E-state index in [1.807, 2.05) is 0 Å². The highest BCUT2D eigenvalue weighted by atomic mass is 19.1. The van der Waals surface area contributed by atoms with Crippen LogP contribution in [0.5, 0.6) is 5.75 Å². The van der Waals surface area contributed by atoms with Crippen molar-refractivity contribution in [3.8, 4) is 16.9 Å². The number of hydrogen-bond donors (Lipinski definition) is 4. The fourth-order valence-electron chi connectivity index (χ4n) is 4.26. The highest BCUT2D eigenvalue weighted by Crippen LogP contribution is 2.31. The Morgan fingerprint density at radius 1 is 1.12 bits per heavy atom. The fourth-order valence-corrected chi connectivity index (χ4v) is 4.26. The van der Waals surface area contributed by atoms with Gasteiger partial charge in [0.05, 0.1) is 12.2 Å². The minimum Gasteiger partial charge on any atom is -0.449 e. The summed E-state index contributed by atoms with van der Waals surface area (Å²) < 4.78 is 48.7. The molecule has 1 unspecified atom stereocenters. The molecule has 2 amide bonds. The van der Waals surface area contributed by atoms with Crippen LogP contribution in [-0.4, -0.2) is 63.7 Å². The van der Waals surface area contributed by atoms with Gasteiger partial charge in [0.25, 0.3) is 5.56 Å². The average molecular weight is 563 g/mol. The Morgan fingerprint density at radius 3 is 2.50 bits per heavy atom. The third kappa shape index (κ3) is 5.83. The zero-order valence-corrected chi connectivity index (χ0v) is 21.3. The van der Waals surface area contributed by atoms with Crippen LogP contribution in [0.1, 0.15) is 20.3 Å². The van der Waals surface area contributed by atoms with E-state index in [1.54, 1.807) is 0 Å². The minimum atomic E-state index is -1.83. The fraction of sp³-hybridized carbons (Fsp3) is 0.320. The van der Waals surface area contributed by atoms with Crippen molar-refractivity contribution in [2.45, 2.75) is 38.4 Å². The molecule has 3 aromatic rings. The molecule has 3 atom stereocenters. The Balaban J connectivity index is 1.68. The van der Waals surface area contributed by atoms with Crippen molar-refractivity contribution in [2.75, 3.05) is 18.0 Å². The second-order valence-corrected chi connectivity index (χ2v) is 9.28. The van der Waals surface area contributed by atoms with Crippen LogP contribution in [0, 0.1) is 17.5 Å². The third-order valence-electron chi connectivity index (χ3n) is 6.26. The number of halogens is 3. The summed E-state index contributed by atoms with van der Waals surface area (Å²) in [7, 11) is 0. The molecule has 212 valence electrons. The molecule has 4 rings (SSSR count). The van der Waals surface area contributed by atoms with E-state index in [2.05, 4.69) is 20.4 Å². The highest BCUT2D eigenvalue weighted by molar-refractivity contribution is 5.89. The van der Waals surface area contributed by atoms with E-state index in [9.17, 15) is 28.0 Å². The Kier molecular flexibility index (Phi) is 7.95.